The maximum atomic E-state index is 6.31. The molecule has 0 aromatic heterocycles. The molecule has 1 aliphatic heterocycles. The largest absolute Gasteiger partial charge is 0.305 e. The topological polar surface area (TPSA) is 3.24 Å². The average molecular weight is 303 g/mol. The Morgan fingerprint density at radius 1 is 1.31 bits per heavy atom. The van der Waals surface area contributed by atoms with Gasteiger partial charge in [0.1, 0.15) is 0 Å². The minimum atomic E-state index is 0. The van der Waals surface area contributed by atoms with E-state index in [0.29, 0.717) is 0 Å². The van der Waals surface area contributed by atoms with Crippen molar-refractivity contribution in [1.29, 1.82) is 0 Å². The van der Waals surface area contributed by atoms with E-state index in [2.05, 4.69) is 24.1 Å². The Bertz CT molecular complexity index is 405. The van der Waals surface area contributed by atoms with Gasteiger partial charge in [-0.05, 0) is 55.0 Å². The normalized spacial score (nSPS) is 23.5. The molecule has 0 bridgehead atoms. The standard InChI is InChI=1S/C13H16ClN.BrH/c1-15-7-6-11-12(14)5-4-9-2-3-10(8-15)13(9)11;/h4-5,10H,2-3,6-8H2,1H3;1H. The van der Waals surface area contributed by atoms with Crippen LogP contribution < -0.4 is 0 Å². The summed E-state index contributed by atoms with van der Waals surface area (Å²) in [6, 6.07) is 4.32. The Kier molecular flexibility index (Phi) is 3.62. The zero-order chi connectivity index (χ0) is 10.4. The molecule has 3 heteroatoms. The van der Waals surface area contributed by atoms with Crippen molar-refractivity contribution < 1.29 is 0 Å². The van der Waals surface area contributed by atoms with Gasteiger partial charge in [-0.15, -0.1) is 17.0 Å². The summed E-state index contributed by atoms with van der Waals surface area (Å²) in [7, 11) is 2.22. The Balaban J connectivity index is 0.000000963. The minimum Gasteiger partial charge on any atom is -0.305 e. The van der Waals surface area contributed by atoms with E-state index in [1.165, 1.54) is 24.9 Å². The predicted octanol–water partition coefficient (Wildman–Crippen LogP) is 3.44. The van der Waals surface area contributed by atoms with Crippen molar-refractivity contribution in [2.45, 2.75) is 25.2 Å². The fourth-order valence-corrected chi connectivity index (χ4v) is 3.35. The van der Waals surface area contributed by atoms with Crippen molar-refractivity contribution in [2.24, 2.45) is 0 Å². The number of likely N-dealkylation sites (N-methyl/N-ethyl adjacent to an activating group) is 1. The van der Waals surface area contributed by atoms with E-state index in [0.717, 1.165) is 23.9 Å². The van der Waals surface area contributed by atoms with Crippen LogP contribution >= 0.6 is 28.6 Å². The fourth-order valence-electron chi connectivity index (χ4n) is 3.09. The highest BCUT2D eigenvalue weighted by Crippen LogP contribution is 2.40. The van der Waals surface area contributed by atoms with Gasteiger partial charge in [0.05, 0.1) is 0 Å². The molecule has 0 amide bonds. The van der Waals surface area contributed by atoms with Crippen LogP contribution in [0.3, 0.4) is 0 Å². The van der Waals surface area contributed by atoms with E-state index in [9.17, 15) is 0 Å². The summed E-state index contributed by atoms with van der Waals surface area (Å²) in [4.78, 5) is 2.44. The first-order valence-corrected chi connectivity index (χ1v) is 6.12. The Hall–Kier alpha value is -0.0500. The molecule has 1 unspecified atom stereocenters. The maximum Gasteiger partial charge on any atom is 0.0441 e. The second-order valence-corrected chi connectivity index (χ2v) is 5.25. The molecule has 0 N–H and O–H groups in total. The number of hydrogen-bond acceptors (Lipinski definition) is 1. The highest BCUT2D eigenvalue weighted by atomic mass is 79.9. The summed E-state index contributed by atoms with van der Waals surface area (Å²) in [6.07, 6.45) is 3.68. The van der Waals surface area contributed by atoms with Crippen molar-refractivity contribution in [3.8, 4) is 0 Å². The molecule has 88 valence electrons. The van der Waals surface area contributed by atoms with Crippen molar-refractivity contribution in [3.05, 3.63) is 33.8 Å². The van der Waals surface area contributed by atoms with Crippen molar-refractivity contribution in [1.82, 2.24) is 4.90 Å². The molecule has 1 aromatic carbocycles. The number of rotatable bonds is 0. The highest BCUT2D eigenvalue weighted by Gasteiger charge is 2.29. The summed E-state index contributed by atoms with van der Waals surface area (Å²) in [5, 5.41) is 0.982. The summed E-state index contributed by atoms with van der Waals surface area (Å²) in [5.74, 6) is 0.737. The molecule has 3 rings (SSSR count). The minimum absolute atomic E-state index is 0. The number of benzene rings is 1. The van der Waals surface area contributed by atoms with E-state index < -0.39 is 0 Å². The number of nitrogens with zero attached hydrogens (tertiary/aromatic N) is 1. The van der Waals surface area contributed by atoms with Crippen molar-refractivity contribution >= 4 is 28.6 Å². The lowest BCUT2D eigenvalue weighted by Gasteiger charge is -2.17. The molecule has 0 spiro atoms. The predicted molar refractivity (Wildman–Crippen MR) is 74.0 cm³/mol. The average Bonchev–Trinajstić information content (AvgIpc) is 2.52. The molecule has 0 saturated heterocycles. The van der Waals surface area contributed by atoms with Gasteiger partial charge in [0.15, 0.2) is 0 Å². The van der Waals surface area contributed by atoms with Crippen LogP contribution in [0.4, 0.5) is 0 Å². The van der Waals surface area contributed by atoms with Crippen LogP contribution in [0.25, 0.3) is 0 Å². The summed E-state index contributed by atoms with van der Waals surface area (Å²) >= 11 is 6.31. The van der Waals surface area contributed by atoms with Gasteiger partial charge in [-0.2, -0.15) is 0 Å². The second kappa shape index (κ2) is 4.67. The fraction of sp³-hybridized carbons (Fsp3) is 0.538. The van der Waals surface area contributed by atoms with E-state index in [1.807, 2.05) is 0 Å². The SMILES string of the molecule is Br.CN1CCc2c(Cl)ccc3c2C(CC3)C1. The van der Waals surface area contributed by atoms with Gasteiger partial charge in [0.2, 0.25) is 0 Å². The molecule has 1 aromatic rings. The third kappa shape index (κ3) is 1.92. The molecule has 1 aliphatic carbocycles. The Morgan fingerprint density at radius 3 is 2.94 bits per heavy atom. The van der Waals surface area contributed by atoms with Gasteiger partial charge in [0, 0.05) is 18.1 Å². The number of hydrogen-bond donors (Lipinski definition) is 0. The van der Waals surface area contributed by atoms with Crippen LogP contribution in [0.2, 0.25) is 5.02 Å². The van der Waals surface area contributed by atoms with Crippen LogP contribution in [0.15, 0.2) is 12.1 Å². The quantitative estimate of drug-likeness (QED) is 0.710. The molecule has 2 aliphatic rings. The lowest BCUT2D eigenvalue weighted by molar-refractivity contribution is 0.324. The van der Waals surface area contributed by atoms with E-state index in [4.69, 9.17) is 11.6 Å². The van der Waals surface area contributed by atoms with Crippen molar-refractivity contribution in [3.63, 3.8) is 0 Å². The third-order valence-electron chi connectivity index (χ3n) is 3.84. The van der Waals surface area contributed by atoms with Crippen LogP contribution in [-0.4, -0.2) is 25.0 Å². The number of aryl methyl sites for hydroxylation is 1. The highest BCUT2D eigenvalue weighted by molar-refractivity contribution is 8.93. The molecular weight excluding hydrogens is 286 g/mol. The smallest absolute Gasteiger partial charge is 0.0441 e. The van der Waals surface area contributed by atoms with E-state index in [1.54, 1.807) is 11.1 Å². The molecular formula is C13H17BrClN. The number of halogens is 2. The first-order chi connectivity index (χ1) is 7.25. The third-order valence-corrected chi connectivity index (χ3v) is 4.19. The Labute approximate surface area is 113 Å². The summed E-state index contributed by atoms with van der Waals surface area (Å²) < 4.78 is 0. The van der Waals surface area contributed by atoms with Crippen molar-refractivity contribution in [2.75, 3.05) is 20.1 Å². The van der Waals surface area contributed by atoms with Gasteiger partial charge in [-0.25, -0.2) is 0 Å². The summed E-state index contributed by atoms with van der Waals surface area (Å²) in [6.45, 7) is 2.35. The maximum absolute atomic E-state index is 6.31. The van der Waals surface area contributed by atoms with E-state index in [-0.39, 0.29) is 17.0 Å². The van der Waals surface area contributed by atoms with Gasteiger partial charge in [-0.1, -0.05) is 17.7 Å². The van der Waals surface area contributed by atoms with Gasteiger partial charge in [0.25, 0.3) is 0 Å². The molecule has 1 atom stereocenters. The summed E-state index contributed by atoms with van der Waals surface area (Å²) in [5.41, 5.74) is 4.57. The first kappa shape index (κ1) is 12.4. The lowest BCUT2D eigenvalue weighted by atomic mass is 9.95. The van der Waals surface area contributed by atoms with E-state index >= 15 is 0 Å². The monoisotopic (exact) mass is 301 g/mol. The molecule has 0 fully saturated rings. The lowest BCUT2D eigenvalue weighted by Crippen LogP contribution is -2.23. The van der Waals surface area contributed by atoms with Gasteiger partial charge < -0.3 is 4.90 Å². The molecule has 16 heavy (non-hydrogen) atoms. The van der Waals surface area contributed by atoms with Crippen LogP contribution in [-0.2, 0) is 12.8 Å². The molecule has 0 radical (unpaired) electrons. The van der Waals surface area contributed by atoms with Crippen LogP contribution in [0.5, 0.6) is 0 Å². The Morgan fingerprint density at radius 2 is 2.12 bits per heavy atom. The van der Waals surface area contributed by atoms with Gasteiger partial charge in [-0.3, -0.25) is 0 Å². The molecule has 0 saturated carbocycles. The van der Waals surface area contributed by atoms with Gasteiger partial charge >= 0.3 is 0 Å². The van der Waals surface area contributed by atoms with Crippen LogP contribution in [0.1, 0.15) is 29.0 Å². The second-order valence-electron chi connectivity index (χ2n) is 4.85. The molecule has 1 heterocycles. The first-order valence-electron chi connectivity index (χ1n) is 5.74. The molecule has 1 nitrogen and oxygen atoms in total. The van der Waals surface area contributed by atoms with Crippen LogP contribution in [0, 0.1) is 0 Å². The zero-order valence-corrected chi connectivity index (χ0v) is 12.0. The zero-order valence-electron chi connectivity index (χ0n) is 9.50.